The first-order chi connectivity index (χ1) is 5.91. The van der Waals surface area contributed by atoms with Gasteiger partial charge in [0.1, 0.15) is 0 Å². The van der Waals surface area contributed by atoms with Gasteiger partial charge in [0.05, 0.1) is 0 Å². The minimum Gasteiger partial charge on any atom is -0.306 e. The minimum atomic E-state index is 0.467. The maximum absolute atomic E-state index is 3.80. The van der Waals surface area contributed by atoms with Gasteiger partial charge in [-0.05, 0) is 51.4 Å². The Labute approximate surface area is 82.3 Å². The van der Waals surface area contributed by atoms with Crippen LogP contribution >= 0.6 is 0 Å². The quantitative estimate of drug-likeness (QED) is 0.606. The van der Waals surface area contributed by atoms with Gasteiger partial charge < -0.3 is 5.32 Å². The smallest absolute Gasteiger partial charge is 0.0178 e. The van der Waals surface area contributed by atoms with Gasteiger partial charge in [0.2, 0.25) is 0 Å². The molecular weight excluding hydrogens is 158 g/mol. The van der Waals surface area contributed by atoms with E-state index in [0.717, 1.165) is 11.8 Å². The Morgan fingerprint density at radius 1 is 1.00 bits per heavy atom. The van der Waals surface area contributed by atoms with Crippen molar-refractivity contribution in [1.29, 1.82) is 0 Å². The predicted molar refractivity (Wildman–Crippen MR) is 56.7 cm³/mol. The largest absolute Gasteiger partial charge is 0.306 e. The second-order valence-corrected chi connectivity index (χ2v) is 6.28. The van der Waals surface area contributed by atoms with E-state index in [1.54, 1.807) is 0 Å². The highest BCUT2D eigenvalue weighted by Crippen LogP contribution is 2.45. The van der Waals surface area contributed by atoms with Crippen LogP contribution in [-0.2, 0) is 0 Å². The van der Waals surface area contributed by atoms with E-state index in [9.17, 15) is 0 Å². The van der Waals surface area contributed by atoms with Crippen LogP contribution in [0.1, 0.15) is 53.4 Å². The molecule has 13 heavy (non-hydrogen) atoms. The zero-order valence-electron chi connectivity index (χ0n) is 9.48. The van der Waals surface area contributed by atoms with E-state index < -0.39 is 0 Å². The molecule has 3 rings (SSSR count). The van der Waals surface area contributed by atoms with Crippen molar-refractivity contribution in [2.45, 2.75) is 64.5 Å². The van der Waals surface area contributed by atoms with Crippen LogP contribution in [0.25, 0.3) is 0 Å². The van der Waals surface area contributed by atoms with Gasteiger partial charge in [0.15, 0.2) is 0 Å². The molecule has 1 nitrogen and oxygen atoms in total. The molecule has 76 valence electrons. The van der Waals surface area contributed by atoms with Gasteiger partial charge in [-0.15, -0.1) is 0 Å². The number of rotatable bonds is 0. The number of fused-ring (bicyclic) bond motifs is 4. The van der Waals surface area contributed by atoms with E-state index >= 15 is 0 Å². The highest BCUT2D eigenvalue weighted by Gasteiger charge is 2.50. The van der Waals surface area contributed by atoms with Crippen molar-refractivity contribution in [3.05, 3.63) is 0 Å². The van der Waals surface area contributed by atoms with Crippen molar-refractivity contribution in [3.8, 4) is 0 Å². The van der Waals surface area contributed by atoms with Crippen molar-refractivity contribution in [1.82, 2.24) is 5.32 Å². The molecule has 3 aliphatic rings. The fourth-order valence-corrected chi connectivity index (χ4v) is 4.21. The third-order valence-electron chi connectivity index (χ3n) is 3.79. The Kier molecular flexibility index (Phi) is 1.99. The lowest BCUT2D eigenvalue weighted by Gasteiger charge is -2.58. The Morgan fingerprint density at radius 3 is 1.77 bits per heavy atom. The van der Waals surface area contributed by atoms with Gasteiger partial charge in [0, 0.05) is 11.1 Å². The highest BCUT2D eigenvalue weighted by molar-refractivity contribution is 5.10. The molecule has 4 atom stereocenters. The van der Waals surface area contributed by atoms with Gasteiger partial charge in [-0.1, -0.05) is 13.8 Å². The Morgan fingerprint density at radius 2 is 1.38 bits per heavy atom. The molecule has 2 bridgehead atoms. The van der Waals surface area contributed by atoms with E-state index in [0.29, 0.717) is 11.1 Å². The highest BCUT2D eigenvalue weighted by atomic mass is 15.1. The van der Waals surface area contributed by atoms with Crippen LogP contribution in [0.3, 0.4) is 0 Å². The van der Waals surface area contributed by atoms with Crippen molar-refractivity contribution in [3.63, 3.8) is 0 Å². The first kappa shape index (κ1) is 9.51. The maximum Gasteiger partial charge on any atom is 0.0178 e. The van der Waals surface area contributed by atoms with E-state index in [1.807, 2.05) is 0 Å². The molecule has 0 aromatic heterocycles. The molecule has 2 aliphatic heterocycles. The average molecular weight is 181 g/mol. The van der Waals surface area contributed by atoms with Gasteiger partial charge in [0.25, 0.3) is 0 Å². The van der Waals surface area contributed by atoms with Crippen LogP contribution in [0.4, 0.5) is 0 Å². The van der Waals surface area contributed by atoms with Gasteiger partial charge in [-0.25, -0.2) is 0 Å². The molecule has 0 spiro atoms. The van der Waals surface area contributed by atoms with Crippen LogP contribution < -0.4 is 5.32 Å². The predicted octanol–water partition coefficient (Wildman–Crippen LogP) is 2.95. The van der Waals surface area contributed by atoms with Gasteiger partial charge in [-0.2, -0.15) is 0 Å². The second kappa shape index (κ2) is 2.73. The fraction of sp³-hybridized carbons (Fsp3) is 1.00. The first-order valence-electron chi connectivity index (χ1n) is 5.70. The van der Waals surface area contributed by atoms with Crippen LogP contribution in [0.2, 0.25) is 0 Å². The number of nitrogens with one attached hydrogen (secondary N) is 1. The number of hydrogen-bond donors (Lipinski definition) is 1. The fourth-order valence-electron chi connectivity index (χ4n) is 4.21. The molecule has 1 heteroatoms. The summed E-state index contributed by atoms with van der Waals surface area (Å²) < 4.78 is 0. The topological polar surface area (TPSA) is 12.0 Å². The summed E-state index contributed by atoms with van der Waals surface area (Å²) in [5.74, 6) is 1.80. The van der Waals surface area contributed by atoms with E-state index in [4.69, 9.17) is 0 Å². The normalized spacial score (nSPS) is 56.3. The molecule has 4 unspecified atom stereocenters. The Hall–Kier alpha value is -0.0400. The zero-order valence-corrected chi connectivity index (χ0v) is 9.48. The minimum absolute atomic E-state index is 0.467. The Bertz CT molecular complexity index is 172. The molecule has 1 N–H and O–H groups in total. The third kappa shape index (κ3) is 1.76. The summed E-state index contributed by atoms with van der Waals surface area (Å²) >= 11 is 0. The van der Waals surface area contributed by atoms with Crippen molar-refractivity contribution in [2.75, 3.05) is 0 Å². The van der Waals surface area contributed by atoms with Crippen LogP contribution in [0.15, 0.2) is 0 Å². The maximum atomic E-state index is 3.80. The average Bonchev–Trinajstić information content (AvgIpc) is 1.77. The van der Waals surface area contributed by atoms with Crippen LogP contribution in [-0.4, -0.2) is 11.1 Å². The lowest BCUT2D eigenvalue weighted by Crippen LogP contribution is -2.70. The molecule has 0 aromatic rings. The van der Waals surface area contributed by atoms with Crippen molar-refractivity contribution < 1.29 is 0 Å². The van der Waals surface area contributed by atoms with Gasteiger partial charge in [-0.3, -0.25) is 0 Å². The summed E-state index contributed by atoms with van der Waals surface area (Å²) in [4.78, 5) is 0. The van der Waals surface area contributed by atoms with Gasteiger partial charge >= 0.3 is 0 Å². The van der Waals surface area contributed by atoms with Crippen LogP contribution in [0, 0.1) is 11.8 Å². The molecule has 1 saturated carbocycles. The van der Waals surface area contributed by atoms with Crippen LogP contribution in [0.5, 0.6) is 0 Å². The summed E-state index contributed by atoms with van der Waals surface area (Å²) in [6, 6.07) is 0. The summed E-state index contributed by atoms with van der Waals surface area (Å²) in [5.41, 5.74) is 0.933. The molecule has 1 aliphatic carbocycles. The summed E-state index contributed by atoms with van der Waals surface area (Å²) in [7, 11) is 0. The van der Waals surface area contributed by atoms with E-state index in [-0.39, 0.29) is 0 Å². The molecule has 0 amide bonds. The molecule has 2 saturated heterocycles. The summed E-state index contributed by atoms with van der Waals surface area (Å²) in [5, 5.41) is 3.80. The SMILES string of the molecule is CC1CC(C)CC2(C)CC(C)(C1)N2. The molecular formula is C12H23N. The number of hydrogen-bond acceptors (Lipinski definition) is 1. The molecule has 0 aromatic carbocycles. The first-order valence-corrected chi connectivity index (χ1v) is 5.70. The monoisotopic (exact) mass is 181 g/mol. The van der Waals surface area contributed by atoms with E-state index in [1.165, 1.54) is 25.7 Å². The standard InChI is InChI=1S/C12H23N/c1-9-5-10(2)7-12(4)8-11(3,6-9)13-12/h9-10,13H,5-8H2,1-4H3. The lowest BCUT2D eigenvalue weighted by atomic mass is 9.63. The molecule has 0 radical (unpaired) electrons. The summed E-state index contributed by atoms with van der Waals surface area (Å²) in [6.07, 6.45) is 5.54. The van der Waals surface area contributed by atoms with Crippen molar-refractivity contribution >= 4 is 0 Å². The third-order valence-corrected chi connectivity index (χ3v) is 3.79. The molecule has 2 heterocycles. The Balaban J connectivity index is 2.08. The zero-order chi connectivity index (χ0) is 9.69. The van der Waals surface area contributed by atoms with Crippen molar-refractivity contribution in [2.24, 2.45) is 11.8 Å². The van der Waals surface area contributed by atoms with E-state index in [2.05, 4.69) is 33.0 Å². The summed E-state index contributed by atoms with van der Waals surface area (Å²) in [6.45, 7) is 9.59. The lowest BCUT2D eigenvalue weighted by molar-refractivity contribution is 0.0102. The molecule has 3 fully saturated rings. The second-order valence-electron chi connectivity index (χ2n) is 6.28.